The topological polar surface area (TPSA) is 85.2 Å². The maximum Gasteiger partial charge on any atom is 0.410 e. The van der Waals surface area contributed by atoms with Crippen molar-refractivity contribution in [3.05, 3.63) is 60.1 Å². The Labute approximate surface area is 151 Å². The molecule has 2 N–H and O–H groups in total. The van der Waals surface area contributed by atoms with E-state index >= 15 is 0 Å². The van der Waals surface area contributed by atoms with Gasteiger partial charge >= 0.3 is 6.18 Å². The van der Waals surface area contributed by atoms with Crippen LogP contribution in [0.1, 0.15) is 40.4 Å². The molecule has 0 spiro atoms. The van der Waals surface area contributed by atoms with Gasteiger partial charge in [0.25, 0.3) is 5.91 Å². The van der Waals surface area contributed by atoms with Crippen molar-refractivity contribution in [1.29, 1.82) is 0 Å². The summed E-state index contributed by atoms with van der Waals surface area (Å²) < 4.78 is 51.8. The number of amides is 1. The van der Waals surface area contributed by atoms with Gasteiger partial charge in [-0.15, -0.1) is 0 Å². The van der Waals surface area contributed by atoms with E-state index in [1.807, 2.05) is 0 Å². The monoisotopic (exact) mass is 380 g/mol. The molecular weight excluding hydrogens is 365 g/mol. The Morgan fingerprint density at radius 1 is 1.30 bits per heavy atom. The molecule has 2 atom stereocenters. The number of anilines is 1. The van der Waals surface area contributed by atoms with Gasteiger partial charge in [-0.25, -0.2) is 4.68 Å². The zero-order valence-corrected chi connectivity index (χ0v) is 13.9. The van der Waals surface area contributed by atoms with Gasteiger partial charge in [-0.3, -0.25) is 4.79 Å². The highest BCUT2D eigenvalue weighted by Gasteiger charge is 2.47. The van der Waals surface area contributed by atoms with Crippen LogP contribution < -0.4 is 10.6 Å². The number of carbonyl (C=O) groups is 1. The van der Waals surface area contributed by atoms with Gasteiger partial charge in [0.05, 0.1) is 31.3 Å². The first kappa shape index (κ1) is 17.3. The van der Waals surface area contributed by atoms with Gasteiger partial charge in [0.15, 0.2) is 6.04 Å². The van der Waals surface area contributed by atoms with Crippen LogP contribution in [0.15, 0.2) is 51.8 Å². The smallest absolute Gasteiger partial charge is 0.410 e. The van der Waals surface area contributed by atoms with Crippen LogP contribution in [0.2, 0.25) is 0 Å². The minimum absolute atomic E-state index is 0.00178. The van der Waals surface area contributed by atoms with Crippen LogP contribution in [0.25, 0.3) is 0 Å². The van der Waals surface area contributed by atoms with Gasteiger partial charge in [0, 0.05) is 6.42 Å². The highest BCUT2D eigenvalue weighted by molar-refractivity contribution is 5.98. The molecule has 0 saturated carbocycles. The molecule has 3 aromatic heterocycles. The van der Waals surface area contributed by atoms with Gasteiger partial charge in [-0.2, -0.15) is 18.3 Å². The molecule has 0 unspecified atom stereocenters. The van der Waals surface area contributed by atoms with Crippen molar-refractivity contribution in [2.75, 3.05) is 5.32 Å². The fraction of sp³-hybridized carbons (Fsp3) is 0.294. The third-order valence-electron chi connectivity index (χ3n) is 4.37. The van der Waals surface area contributed by atoms with E-state index in [2.05, 4.69) is 15.7 Å². The van der Waals surface area contributed by atoms with Crippen LogP contribution in [0.5, 0.6) is 0 Å². The summed E-state index contributed by atoms with van der Waals surface area (Å²) >= 11 is 0. The number of nitrogens with zero attached hydrogens (tertiary/aromatic N) is 2. The van der Waals surface area contributed by atoms with Gasteiger partial charge in [0.1, 0.15) is 22.9 Å². The van der Waals surface area contributed by atoms with Crippen molar-refractivity contribution >= 4 is 11.7 Å². The maximum absolute atomic E-state index is 13.5. The second kappa shape index (κ2) is 6.53. The highest BCUT2D eigenvalue weighted by atomic mass is 19.4. The Bertz CT molecular complexity index is 916. The summed E-state index contributed by atoms with van der Waals surface area (Å²) in [4.78, 5) is 12.5. The lowest BCUT2D eigenvalue weighted by Gasteiger charge is -2.32. The van der Waals surface area contributed by atoms with Crippen molar-refractivity contribution in [3.63, 3.8) is 0 Å². The molecule has 1 amide bonds. The maximum atomic E-state index is 13.5. The zero-order valence-electron chi connectivity index (χ0n) is 13.9. The van der Waals surface area contributed by atoms with Crippen LogP contribution in [-0.4, -0.2) is 21.9 Å². The molecule has 142 valence electrons. The molecule has 27 heavy (non-hydrogen) atoms. The molecule has 0 aliphatic carbocycles. The summed E-state index contributed by atoms with van der Waals surface area (Å²) in [6, 6.07) is 3.95. The minimum atomic E-state index is -4.52. The number of rotatable bonds is 4. The fourth-order valence-corrected chi connectivity index (χ4v) is 3.08. The van der Waals surface area contributed by atoms with E-state index < -0.39 is 24.2 Å². The van der Waals surface area contributed by atoms with E-state index in [9.17, 15) is 18.0 Å². The standard InChI is InChI=1S/C17H15F3N4O3/c18-17(19,20)14-7-12(13-4-2-6-27-13)23-15-11(9-22-24(14)15)16(25)21-8-10-3-1-5-26-10/h1-6,9,12,14,23H,7-8H2,(H,21,25)/t12-,14+/m0/s1. The number of hydrogen-bond acceptors (Lipinski definition) is 5. The average molecular weight is 380 g/mol. The molecule has 0 fully saturated rings. The first-order valence-electron chi connectivity index (χ1n) is 8.18. The van der Waals surface area contributed by atoms with E-state index in [0.29, 0.717) is 11.5 Å². The van der Waals surface area contributed by atoms with E-state index in [0.717, 1.165) is 10.9 Å². The molecule has 0 radical (unpaired) electrons. The number of hydrogen-bond donors (Lipinski definition) is 2. The fourth-order valence-electron chi connectivity index (χ4n) is 3.08. The predicted molar refractivity (Wildman–Crippen MR) is 86.9 cm³/mol. The predicted octanol–water partition coefficient (Wildman–Crippen LogP) is 3.66. The first-order valence-corrected chi connectivity index (χ1v) is 8.18. The molecule has 1 aliphatic heterocycles. The number of nitrogens with one attached hydrogen (secondary N) is 2. The Hall–Kier alpha value is -3.17. The lowest BCUT2D eigenvalue weighted by Crippen LogP contribution is -2.36. The summed E-state index contributed by atoms with van der Waals surface area (Å²) in [7, 11) is 0. The third kappa shape index (κ3) is 3.29. The molecule has 0 saturated heterocycles. The van der Waals surface area contributed by atoms with Gasteiger partial charge in [-0.05, 0) is 24.3 Å². The molecule has 3 aromatic rings. The minimum Gasteiger partial charge on any atom is -0.467 e. The number of alkyl halides is 3. The normalized spacial score (nSPS) is 19.4. The summed E-state index contributed by atoms with van der Waals surface area (Å²) in [5.74, 6) is 0.334. The largest absolute Gasteiger partial charge is 0.467 e. The summed E-state index contributed by atoms with van der Waals surface area (Å²) in [6.45, 7) is 0.112. The van der Waals surface area contributed by atoms with E-state index in [1.54, 1.807) is 24.3 Å². The number of fused-ring (bicyclic) bond motifs is 1. The average Bonchev–Trinajstić information content (AvgIpc) is 3.39. The summed E-state index contributed by atoms with van der Waals surface area (Å²) in [5.41, 5.74) is 0.0204. The van der Waals surface area contributed by atoms with Gasteiger partial charge in [0.2, 0.25) is 0 Å². The van der Waals surface area contributed by atoms with Crippen molar-refractivity contribution in [2.24, 2.45) is 0 Å². The third-order valence-corrected chi connectivity index (χ3v) is 4.37. The van der Waals surface area contributed by atoms with Crippen LogP contribution in [0, 0.1) is 0 Å². The molecule has 10 heteroatoms. The summed E-state index contributed by atoms with van der Waals surface area (Å²) in [5, 5.41) is 9.36. The summed E-state index contributed by atoms with van der Waals surface area (Å²) in [6.07, 6.45) is -0.826. The lowest BCUT2D eigenvalue weighted by atomic mass is 10.0. The number of aromatic nitrogens is 2. The molecule has 4 heterocycles. The molecule has 4 rings (SSSR count). The SMILES string of the molecule is O=C(NCc1ccco1)c1cnn2c1N[C@H](c1ccco1)C[C@@H]2C(F)(F)F. The van der Waals surface area contributed by atoms with E-state index in [-0.39, 0.29) is 24.3 Å². The van der Waals surface area contributed by atoms with E-state index in [1.165, 1.54) is 12.5 Å². The number of carbonyl (C=O) groups excluding carboxylic acids is 1. The van der Waals surface area contributed by atoms with E-state index in [4.69, 9.17) is 8.83 Å². The van der Waals surface area contributed by atoms with Crippen LogP contribution in [0.3, 0.4) is 0 Å². The van der Waals surface area contributed by atoms with Crippen molar-refractivity contribution < 1.29 is 26.8 Å². The molecule has 0 aromatic carbocycles. The Morgan fingerprint density at radius 3 is 2.74 bits per heavy atom. The van der Waals surface area contributed by atoms with Gasteiger partial charge < -0.3 is 19.5 Å². The molecule has 7 nitrogen and oxygen atoms in total. The van der Waals surface area contributed by atoms with Crippen molar-refractivity contribution in [2.45, 2.75) is 31.2 Å². The number of furan rings is 2. The second-order valence-electron chi connectivity index (χ2n) is 6.12. The van der Waals surface area contributed by atoms with Crippen LogP contribution in [0.4, 0.5) is 19.0 Å². The molecular formula is C17H15F3N4O3. The Morgan fingerprint density at radius 2 is 2.07 bits per heavy atom. The zero-order chi connectivity index (χ0) is 19.0. The van der Waals surface area contributed by atoms with Gasteiger partial charge in [-0.1, -0.05) is 0 Å². The van der Waals surface area contributed by atoms with Crippen molar-refractivity contribution in [3.8, 4) is 0 Å². The molecule has 0 bridgehead atoms. The second-order valence-corrected chi connectivity index (χ2v) is 6.12. The van der Waals surface area contributed by atoms with Crippen LogP contribution in [-0.2, 0) is 6.54 Å². The van der Waals surface area contributed by atoms with Crippen molar-refractivity contribution in [1.82, 2.24) is 15.1 Å². The first-order chi connectivity index (χ1) is 12.9. The number of halogens is 3. The van der Waals surface area contributed by atoms with Crippen LogP contribution >= 0.6 is 0 Å². The molecule has 1 aliphatic rings. The quantitative estimate of drug-likeness (QED) is 0.722. The Kier molecular flexibility index (Phi) is 4.17. The Balaban J connectivity index is 1.63. The highest BCUT2D eigenvalue weighted by Crippen LogP contribution is 2.44. The lowest BCUT2D eigenvalue weighted by molar-refractivity contribution is -0.174.